The summed E-state index contributed by atoms with van der Waals surface area (Å²) in [5.74, 6) is -0.884. The lowest BCUT2D eigenvalue weighted by atomic mass is 10.1. The highest BCUT2D eigenvalue weighted by Crippen LogP contribution is 2.27. The van der Waals surface area contributed by atoms with Gasteiger partial charge in [-0.3, -0.25) is 13.9 Å². The molecule has 0 bridgehead atoms. The minimum Gasteiger partial charge on any atom is -0.357 e. The summed E-state index contributed by atoms with van der Waals surface area (Å²) < 4.78 is 28.4. The maximum absolute atomic E-state index is 13.7. The van der Waals surface area contributed by atoms with Crippen LogP contribution in [-0.2, 0) is 26.2 Å². The number of nitrogens with zero attached hydrogens (tertiary/aromatic N) is 2. The van der Waals surface area contributed by atoms with Crippen LogP contribution < -0.4 is 9.62 Å². The third kappa shape index (κ3) is 6.41. The number of benzene rings is 3. The van der Waals surface area contributed by atoms with E-state index in [4.69, 9.17) is 11.6 Å². The van der Waals surface area contributed by atoms with Gasteiger partial charge in [0.25, 0.3) is 10.0 Å². The van der Waals surface area contributed by atoms with E-state index in [9.17, 15) is 18.0 Å². The lowest BCUT2D eigenvalue weighted by molar-refractivity contribution is -0.139. The molecule has 0 fully saturated rings. The molecule has 0 aliphatic carbocycles. The second kappa shape index (κ2) is 11.4. The molecule has 0 heterocycles. The standard InChI is InChI=1S/C26H28ClN3O4S/c1-19-12-14-24(15-13-19)35(33,34)30(23-11-7-10-22(27)16-23)18-25(31)29(20(2)26(32)28-3)17-21-8-5-4-6-9-21/h4-16,20H,17-18H2,1-3H3,(H,28,32)/t20-/m1/s1. The fourth-order valence-corrected chi connectivity index (χ4v) is 5.16. The first kappa shape index (κ1) is 26.2. The summed E-state index contributed by atoms with van der Waals surface area (Å²) in [5, 5.41) is 2.89. The Labute approximate surface area is 211 Å². The van der Waals surface area contributed by atoms with E-state index in [0.29, 0.717) is 5.02 Å². The van der Waals surface area contributed by atoms with Gasteiger partial charge in [-0.25, -0.2) is 8.42 Å². The first-order chi connectivity index (χ1) is 16.6. The van der Waals surface area contributed by atoms with Crippen molar-refractivity contribution in [1.29, 1.82) is 0 Å². The highest BCUT2D eigenvalue weighted by atomic mass is 35.5. The van der Waals surface area contributed by atoms with Crippen molar-refractivity contribution >= 4 is 39.1 Å². The smallest absolute Gasteiger partial charge is 0.264 e. The third-order valence-electron chi connectivity index (χ3n) is 5.59. The summed E-state index contributed by atoms with van der Waals surface area (Å²) in [6.07, 6.45) is 0. The summed E-state index contributed by atoms with van der Waals surface area (Å²) in [6.45, 7) is 3.10. The Balaban J connectivity index is 2.02. The maximum Gasteiger partial charge on any atom is 0.264 e. The second-order valence-electron chi connectivity index (χ2n) is 8.10. The van der Waals surface area contributed by atoms with Crippen LogP contribution in [-0.4, -0.2) is 44.8 Å². The summed E-state index contributed by atoms with van der Waals surface area (Å²) >= 11 is 6.15. The van der Waals surface area contributed by atoms with Crippen molar-refractivity contribution in [3.8, 4) is 0 Å². The van der Waals surface area contributed by atoms with Crippen LogP contribution in [0.2, 0.25) is 5.02 Å². The Hall–Kier alpha value is -3.36. The lowest BCUT2D eigenvalue weighted by Crippen LogP contribution is -2.50. The zero-order chi connectivity index (χ0) is 25.6. The molecule has 3 aromatic rings. The molecular weight excluding hydrogens is 486 g/mol. The molecule has 0 saturated carbocycles. The molecule has 0 aliphatic rings. The van der Waals surface area contributed by atoms with E-state index in [-0.39, 0.29) is 23.0 Å². The molecule has 7 nitrogen and oxygen atoms in total. The van der Waals surface area contributed by atoms with E-state index in [0.717, 1.165) is 15.4 Å². The summed E-state index contributed by atoms with van der Waals surface area (Å²) in [6, 6.07) is 21.1. The van der Waals surface area contributed by atoms with Gasteiger partial charge in [0.2, 0.25) is 11.8 Å². The number of hydrogen-bond donors (Lipinski definition) is 1. The predicted octanol–water partition coefficient (Wildman–Crippen LogP) is 4.01. The lowest BCUT2D eigenvalue weighted by Gasteiger charge is -2.31. The van der Waals surface area contributed by atoms with Gasteiger partial charge in [-0.05, 0) is 49.7 Å². The number of nitrogens with one attached hydrogen (secondary N) is 1. The number of amides is 2. The van der Waals surface area contributed by atoms with E-state index in [2.05, 4.69) is 5.32 Å². The molecule has 1 N–H and O–H groups in total. The molecule has 3 aromatic carbocycles. The van der Waals surface area contributed by atoms with Gasteiger partial charge in [-0.1, -0.05) is 65.7 Å². The molecule has 0 saturated heterocycles. The Morgan fingerprint density at radius 3 is 2.23 bits per heavy atom. The molecule has 0 unspecified atom stereocenters. The van der Waals surface area contributed by atoms with Gasteiger partial charge in [0.1, 0.15) is 12.6 Å². The number of carbonyl (C=O) groups is 2. The Morgan fingerprint density at radius 1 is 0.971 bits per heavy atom. The molecule has 3 rings (SSSR count). The van der Waals surface area contributed by atoms with Gasteiger partial charge < -0.3 is 10.2 Å². The highest BCUT2D eigenvalue weighted by molar-refractivity contribution is 7.92. The van der Waals surface area contributed by atoms with Crippen LogP contribution in [0.4, 0.5) is 5.69 Å². The van der Waals surface area contributed by atoms with Gasteiger partial charge in [-0.2, -0.15) is 0 Å². The number of likely N-dealkylation sites (N-methyl/N-ethyl adjacent to an activating group) is 1. The molecule has 2 amide bonds. The van der Waals surface area contributed by atoms with Crippen molar-refractivity contribution in [3.05, 3.63) is 95.0 Å². The van der Waals surface area contributed by atoms with Crippen LogP contribution in [0.25, 0.3) is 0 Å². The predicted molar refractivity (Wildman–Crippen MR) is 138 cm³/mol. The fraction of sp³-hybridized carbons (Fsp3) is 0.231. The minimum atomic E-state index is -4.11. The average Bonchev–Trinajstić information content (AvgIpc) is 2.85. The second-order valence-corrected chi connectivity index (χ2v) is 10.4. The number of halogens is 1. The van der Waals surface area contributed by atoms with Crippen LogP contribution in [0.3, 0.4) is 0 Å². The molecule has 9 heteroatoms. The van der Waals surface area contributed by atoms with E-state index in [1.165, 1.54) is 30.1 Å². The molecule has 184 valence electrons. The van der Waals surface area contributed by atoms with Gasteiger partial charge >= 0.3 is 0 Å². The Bertz CT molecular complexity index is 1280. The van der Waals surface area contributed by atoms with Crippen molar-refractivity contribution in [2.24, 2.45) is 0 Å². The van der Waals surface area contributed by atoms with Crippen molar-refractivity contribution in [3.63, 3.8) is 0 Å². The molecule has 1 atom stereocenters. The Kier molecular flexibility index (Phi) is 8.53. The molecule has 35 heavy (non-hydrogen) atoms. The van der Waals surface area contributed by atoms with E-state index in [1.807, 2.05) is 37.3 Å². The number of anilines is 1. The van der Waals surface area contributed by atoms with E-state index < -0.39 is 28.5 Å². The first-order valence-electron chi connectivity index (χ1n) is 11.0. The quantitative estimate of drug-likeness (QED) is 0.468. The molecule has 0 spiro atoms. The van der Waals surface area contributed by atoms with Gasteiger partial charge in [-0.15, -0.1) is 0 Å². The molecular formula is C26H28ClN3O4S. The largest absolute Gasteiger partial charge is 0.357 e. The van der Waals surface area contributed by atoms with Crippen molar-refractivity contribution in [2.75, 3.05) is 17.9 Å². The molecule has 0 aromatic heterocycles. The SMILES string of the molecule is CNC(=O)[C@@H](C)N(Cc1ccccc1)C(=O)CN(c1cccc(Cl)c1)S(=O)(=O)c1ccc(C)cc1. The summed E-state index contributed by atoms with van der Waals surface area (Å²) in [7, 11) is -2.62. The van der Waals surface area contributed by atoms with Crippen LogP contribution >= 0.6 is 11.6 Å². The van der Waals surface area contributed by atoms with Crippen LogP contribution in [0.5, 0.6) is 0 Å². The fourth-order valence-electron chi connectivity index (χ4n) is 3.57. The van der Waals surface area contributed by atoms with E-state index >= 15 is 0 Å². The molecule has 0 radical (unpaired) electrons. The van der Waals surface area contributed by atoms with Gasteiger partial charge in [0, 0.05) is 18.6 Å². The van der Waals surface area contributed by atoms with Crippen molar-refractivity contribution in [2.45, 2.75) is 31.3 Å². The minimum absolute atomic E-state index is 0.0461. The number of rotatable bonds is 9. The normalized spacial score (nSPS) is 12.0. The zero-order valence-corrected chi connectivity index (χ0v) is 21.4. The van der Waals surface area contributed by atoms with Crippen molar-refractivity contribution in [1.82, 2.24) is 10.2 Å². The first-order valence-corrected chi connectivity index (χ1v) is 12.8. The van der Waals surface area contributed by atoms with Crippen LogP contribution in [0.15, 0.2) is 83.8 Å². The summed E-state index contributed by atoms with van der Waals surface area (Å²) in [5.41, 5.74) is 1.97. The topological polar surface area (TPSA) is 86.8 Å². The van der Waals surface area contributed by atoms with Crippen LogP contribution in [0, 0.1) is 6.92 Å². The number of sulfonamides is 1. The zero-order valence-electron chi connectivity index (χ0n) is 19.8. The molecule has 0 aliphatic heterocycles. The third-order valence-corrected chi connectivity index (χ3v) is 7.62. The van der Waals surface area contributed by atoms with Gasteiger partial charge in [0.15, 0.2) is 0 Å². The van der Waals surface area contributed by atoms with Crippen molar-refractivity contribution < 1.29 is 18.0 Å². The van der Waals surface area contributed by atoms with E-state index in [1.54, 1.807) is 37.3 Å². The number of hydrogen-bond acceptors (Lipinski definition) is 4. The Morgan fingerprint density at radius 2 is 1.63 bits per heavy atom. The summed E-state index contributed by atoms with van der Waals surface area (Å²) in [4.78, 5) is 27.5. The van der Waals surface area contributed by atoms with Gasteiger partial charge in [0.05, 0.1) is 10.6 Å². The highest BCUT2D eigenvalue weighted by Gasteiger charge is 2.32. The maximum atomic E-state index is 13.7. The van der Waals surface area contributed by atoms with Crippen LogP contribution in [0.1, 0.15) is 18.1 Å². The number of carbonyl (C=O) groups excluding carboxylic acids is 2. The number of aryl methyl sites for hydroxylation is 1. The average molecular weight is 514 g/mol. The monoisotopic (exact) mass is 513 g/mol.